The molecule has 0 aromatic heterocycles. The molecule has 1 fully saturated rings. The van der Waals surface area contributed by atoms with Crippen molar-refractivity contribution in [3.63, 3.8) is 0 Å². The Labute approximate surface area is 144 Å². The number of ether oxygens (including phenoxy) is 1. The van der Waals surface area contributed by atoms with Gasteiger partial charge in [-0.2, -0.15) is 13.1 Å². The van der Waals surface area contributed by atoms with E-state index in [2.05, 4.69) is 14.4 Å². The second-order valence-corrected chi connectivity index (χ2v) is 6.57. The number of morpholine rings is 1. The molecule has 0 amide bonds. The highest BCUT2D eigenvalue weighted by Gasteiger charge is 2.17. The van der Waals surface area contributed by atoms with Gasteiger partial charge in [-0.1, -0.05) is 0 Å². The lowest BCUT2D eigenvalue weighted by Crippen LogP contribution is -2.48. The molecule has 1 rings (SSSR count). The summed E-state index contributed by atoms with van der Waals surface area (Å²) in [6.45, 7) is 8.05. The van der Waals surface area contributed by atoms with Crippen LogP contribution in [-0.2, 0) is 14.9 Å². The van der Waals surface area contributed by atoms with Gasteiger partial charge in [0.2, 0.25) is 0 Å². The summed E-state index contributed by atoms with van der Waals surface area (Å²) in [5.41, 5.74) is 5.87. The molecule has 0 saturated carbocycles. The van der Waals surface area contributed by atoms with Gasteiger partial charge in [-0.25, -0.2) is 4.72 Å². The molecule has 0 spiro atoms. The monoisotopic (exact) mass is 435 g/mol. The number of nitrogens with one attached hydrogen (secondary N) is 2. The first kappa shape index (κ1) is 20.8. The number of hydrogen-bond donors (Lipinski definition) is 3. The lowest BCUT2D eigenvalue weighted by molar-refractivity contribution is 0.00530. The van der Waals surface area contributed by atoms with Gasteiger partial charge in [-0.3, -0.25) is 4.99 Å². The lowest BCUT2D eigenvalue weighted by atomic mass is 10.3. The number of rotatable bonds is 6. The minimum atomic E-state index is -3.46. The Balaban J connectivity index is 0.00000400. The molecule has 1 saturated heterocycles. The van der Waals surface area contributed by atoms with Crippen molar-refractivity contribution in [1.29, 1.82) is 0 Å². The second kappa shape index (κ2) is 9.77. The number of aliphatic imine (C=N–C) groups is 1. The van der Waals surface area contributed by atoms with Crippen molar-refractivity contribution in [3.8, 4) is 0 Å². The largest absolute Gasteiger partial charge is 0.375 e. The van der Waals surface area contributed by atoms with Crippen molar-refractivity contribution in [1.82, 2.24) is 14.3 Å². The fourth-order valence-corrected chi connectivity index (χ4v) is 2.89. The minimum absolute atomic E-state index is 0. The molecular formula is C11H26IN5O3S. The molecule has 8 nitrogen and oxygen atoms in total. The van der Waals surface area contributed by atoms with Gasteiger partial charge in [0.05, 0.1) is 19.3 Å². The van der Waals surface area contributed by atoms with Crippen molar-refractivity contribution in [2.24, 2.45) is 10.7 Å². The Hall–Kier alpha value is -0.170. The maximum atomic E-state index is 11.5. The molecule has 10 heteroatoms. The Morgan fingerprint density at radius 2 is 2.19 bits per heavy atom. The first-order chi connectivity index (χ1) is 9.30. The predicted molar refractivity (Wildman–Crippen MR) is 94.1 cm³/mol. The van der Waals surface area contributed by atoms with Gasteiger partial charge in [0, 0.05) is 25.7 Å². The third-order valence-electron chi connectivity index (χ3n) is 2.63. The van der Waals surface area contributed by atoms with E-state index in [-0.39, 0.29) is 42.7 Å². The quantitative estimate of drug-likeness (QED) is 0.225. The zero-order chi connectivity index (χ0) is 15.2. The fraction of sp³-hybridized carbons (Fsp3) is 0.909. The smallest absolute Gasteiger partial charge is 0.277 e. The van der Waals surface area contributed by atoms with E-state index in [1.807, 2.05) is 11.8 Å². The molecule has 21 heavy (non-hydrogen) atoms. The Kier molecular flexibility index (Phi) is 9.69. The normalized spacial score (nSPS) is 20.5. The fourth-order valence-electron chi connectivity index (χ4n) is 1.83. The van der Waals surface area contributed by atoms with Crippen molar-refractivity contribution in [2.45, 2.75) is 32.9 Å². The summed E-state index contributed by atoms with van der Waals surface area (Å²) in [4.78, 5) is 6.11. The van der Waals surface area contributed by atoms with Crippen LogP contribution < -0.4 is 15.2 Å². The molecular weight excluding hydrogens is 409 g/mol. The van der Waals surface area contributed by atoms with Crippen molar-refractivity contribution >= 4 is 40.1 Å². The van der Waals surface area contributed by atoms with Crippen molar-refractivity contribution in [2.75, 3.05) is 32.8 Å². The highest BCUT2D eigenvalue weighted by molar-refractivity contribution is 14.0. The van der Waals surface area contributed by atoms with Crippen LogP contribution in [-0.4, -0.2) is 64.2 Å². The number of halogens is 1. The zero-order valence-electron chi connectivity index (χ0n) is 12.7. The van der Waals surface area contributed by atoms with E-state index in [1.165, 1.54) is 0 Å². The van der Waals surface area contributed by atoms with Crippen LogP contribution in [0.1, 0.15) is 20.8 Å². The van der Waals surface area contributed by atoms with Crippen LogP contribution in [0.25, 0.3) is 0 Å². The Morgan fingerprint density at radius 1 is 1.52 bits per heavy atom. The standard InChI is InChI=1S/C11H25N5O3S.HI/c1-9(2)15-20(17,18)14-5-4-13-11(12)16-6-7-19-10(3)8-16;/h9-10,14-15H,4-8H2,1-3H3,(H2,12,13);1H. The average Bonchev–Trinajstić information content (AvgIpc) is 2.32. The van der Waals surface area contributed by atoms with E-state index < -0.39 is 10.2 Å². The zero-order valence-corrected chi connectivity index (χ0v) is 15.9. The van der Waals surface area contributed by atoms with Crippen molar-refractivity contribution in [3.05, 3.63) is 0 Å². The predicted octanol–water partition coefficient (Wildman–Crippen LogP) is -0.528. The summed E-state index contributed by atoms with van der Waals surface area (Å²) in [5, 5.41) is 0. The molecule has 1 heterocycles. The van der Waals surface area contributed by atoms with Crippen LogP contribution in [0.2, 0.25) is 0 Å². The first-order valence-electron chi connectivity index (χ1n) is 6.73. The Morgan fingerprint density at radius 3 is 2.76 bits per heavy atom. The third kappa shape index (κ3) is 8.76. The van der Waals surface area contributed by atoms with E-state index >= 15 is 0 Å². The van der Waals surface area contributed by atoms with Gasteiger partial charge in [0.25, 0.3) is 10.2 Å². The van der Waals surface area contributed by atoms with Crippen LogP contribution in [0.4, 0.5) is 0 Å². The third-order valence-corrected chi connectivity index (χ3v) is 4.00. The molecule has 1 aliphatic rings. The van der Waals surface area contributed by atoms with E-state index in [9.17, 15) is 8.42 Å². The number of hydrogen-bond acceptors (Lipinski definition) is 4. The number of nitrogens with two attached hydrogens (primary N) is 1. The summed E-state index contributed by atoms with van der Waals surface area (Å²) in [5.74, 6) is 0.427. The van der Waals surface area contributed by atoms with Crippen LogP contribution >= 0.6 is 24.0 Å². The maximum absolute atomic E-state index is 11.5. The second-order valence-electron chi connectivity index (χ2n) is 5.04. The molecule has 0 radical (unpaired) electrons. The van der Waals surface area contributed by atoms with Gasteiger partial charge in [0.1, 0.15) is 0 Å². The first-order valence-corrected chi connectivity index (χ1v) is 8.22. The van der Waals surface area contributed by atoms with Gasteiger partial charge < -0.3 is 15.4 Å². The van der Waals surface area contributed by atoms with E-state index in [1.54, 1.807) is 13.8 Å². The number of guanidine groups is 1. The van der Waals surface area contributed by atoms with Gasteiger partial charge in [0.15, 0.2) is 5.96 Å². The minimum Gasteiger partial charge on any atom is -0.375 e. The SMILES string of the molecule is CC(C)NS(=O)(=O)NCCN=C(N)N1CCOC(C)C1.I. The van der Waals surface area contributed by atoms with Crippen molar-refractivity contribution < 1.29 is 13.2 Å². The van der Waals surface area contributed by atoms with E-state index in [0.717, 1.165) is 0 Å². The molecule has 0 bridgehead atoms. The number of nitrogens with zero attached hydrogens (tertiary/aromatic N) is 2. The summed E-state index contributed by atoms with van der Waals surface area (Å²) < 4.78 is 33.3. The summed E-state index contributed by atoms with van der Waals surface area (Å²) in [7, 11) is -3.46. The summed E-state index contributed by atoms with van der Waals surface area (Å²) in [6.07, 6.45) is 0.131. The summed E-state index contributed by atoms with van der Waals surface area (Å²) >= 11 is 0. The highest BCUT2D eigenvalue weighted by Crippen LogP contribution is 2.03. The van der Waals surface area contributed by atoms with Gasteiger partial charge in [-0.05, 0) is 20.8 Å². The molecule has 0 aromatic rings. The lowest BCUT2D eigenvalue weighted by Gasteiger charge is -2.31. The molecule has 126 valence electrons. The topological polar surface area (TPSA) is 109 Å². The summed E-state index contributed by atoms with van der Waals surface area (Å²) in [6, 6.07) is -0.143. The molecule has 1 aliphatic heterocycles. The van der Waals surface area contributed by atoms with E-state index in [0.29, 0.717) is 32.2 Å². The van der Waals surface area contributed by atoms with Crippen LogP contribution in [0.3, 0.4) is 0 Å². The van der Waals surface area contributed by atoms with Crippen LogP contribution in [0.15, 0.2) is 4.99 Å². The van der Waals surface area contributed by atoms with Crippen LogP contribution in [0.5, 0.6) is 0 Å². The molecule has 1 unspecified atom stereocenters. The Bertz CT molecular complexity index is 430. The highest BCUT2D eigenvalue weighted by atomic mass is 127. The van der Waals surface area contributed by atoms with Crippen LogP contribution in [0, 0.1) is 0 Å². The van der Waals surface area contributed by atoms with Gasteiger partial charge >= 0.3 is 0 Å². The average molecular weight is 435 g/mol. The molecule has 0 aromatic carbocycles. The maximum Gasteiger partial charge on any atom is 0.277 e. The van der Waals surface area contributed by atoms with Gasteiger partial charge in [-0.15, -0.1) is 24.0 Å². The molecule has 4 N–H and O–H groups in total. The molecule has 0 aliphatic carbocycles. The van der Waals surface area contributed by atoms with E-state index in [4.69, 9.17) is 10.5 Å². The molecule has 1 atom stereocenters.